The van der Waals surface area contributed by atoms with Crippen molar-refractivity contribution in [2.45, 2.75) is 309 Å². The molecule has 0 spiro atoms. The van der Waals surface area contributed by atoms with Crippen LogP contribution >= 0.6 is 0 Å². The maximum Gasteiger partial charge on any atom is 0.306 e. The van der Waals surface area contributed by atoms with Gasteiger partial charge < -0.3 is 14.2 Å². The molecular weight excluding hydrogens is 997 g/mol. The van der Waals surface area contributed by atoms with Crippen molar-refractivity contribution >= 4 is 17.9 Å². The number of rotatable bonds is 60. The number of esters is 3. The van der Waals surface area contributed by atoms with Crippen molar-refractivity contribution in [3.05, 3.63) is 134 Å². The fourth-order valence-corrected chi connectivity index (χ4v) is 9.19. The summed E-state index contributed by atoms with van der Waals surface area (Å²) in [4.78, 5) is 38.4. The maximum atomic E-state index is 13.0. The van der Waals surface area contributed by atoms with Gasteiger partial charge in [0.1, 0.15) is 13.2 Å². The van der Waals surface area contributed by atoms with Crippen molar-refractivity contribution in [3.8, 4) is 0 Å². The highest BCUT2D eigenvalue weighted by Gasteiger charge is 2.19. The lowest BCUT2D eigenvalue weighted by Crippen LogP contribution is -2.30. The molecule has 0 rings (SSSR count). The smallest absolute Gasteiger partial charge is 0.306 e. The predicted molar refractivity (Wildman–Crippen MR) is 353 cm³/mol. The zero-order valence-corrected chi connectivity index (χ0v) is 52.8. The lowest BCUT2D eigenvalue weighted by atomic mass is 10.0. The van der Waals surface area contributed by atoms with Crippen LogP contribution in [0, 0.1) is 0 Å². The fraction of sp³-hybridized carbons (Fsp3) is 0.667. The first-order valence-electron chi connectivity index (χ1n) is 33.7. The average molecular weight is 1120 g/mol. The van der Waals surface area contributed by atoms with Crippen LogP contribution < -0.4 is 0 Å². The Kier molecular flexibility index (Phi) is 64.3. The van der Waals surface area contributed by atoms with Gasteiger partial charge >= 0.3 is 17.9 Å². The summed E-state index contributed by atoms with van der Waals surface area (Å²) in [6.45, 7) is 6.38. The Hall–Kier alpha value is -4.45. The Morgan fingerprint density at radius 1 is 0.259 bits per heavy atom. The van der Waals surface area contributed by atoms with Gasteiger partial charge in [0.05, 0.1) is 0 Å². The maximum absolute atomic E-state index is 13.0. The summed E-state index contributed by atoms with van der Waals surface area (Å²) in [5.41, 5.74) is 0. The van der Waals surface area contributed by atoms with E-state index in [2.05, 4.69) is 154 Å². The predicted octanol–water partition coefficient (Wildman–Crippen LogP) is 23.3. The number of carbonyl (C=O) groups excluding carboxylic acids is 3. The van der Waals surface area contributed by atoms with Crippen LogP contribution in [0.2, 0.25) is 0 Å². The molecular formula is C75H124O6. The SMILES string of the molecule is CC/C=C\C/C=C\C/C=C\C/C=C\C/C=C\C/C=C\C/C=C\CCCC(=O)OCC(COC(=O)CCCCCCCC/C=C\C/C=C\C/C=C\C/C=C\CC)OC(=O)CCCCCCCCCCCCCCCCCCCCCCC. The van der Waals surface area contributed by atoms with Crippen molar-refractivity contribution in [1.29, 1.82) is 0 Å². The summed E-state index contributed by atoms with van der Waals surface area (Å²) in [5.74, 6) is -0.971. The minimum Gasteiger partial charge on any atom is -0.462 e. The monoisotopic (exact) mass is 1120 g/mol. The summed E-state index contributed by atoms with van der Waals surface area (Å²) in [6.07, 6.45) is 96.1. The molecule has 0 N–H and O–H groups in total. The molecule has 0 aliphatic heterocycles. The van der Waals surface area contributed by atoms with E-state index in [1.54, 1.807) is 0 Å². The van der Waals surface area contributed by atoms with E-state index < -0.39 is 6.10 Å². The third-order valence-corrected chi connectivity index (χ3v) is 14.2. The zero-order valence-electron chi connectivity index (χ0n) is 52.8. The van der Waals surface area contributed by atoms with E-state index in [0.29, 0.717) is 19.3 Å². The van der Waals surface area contributed by atoms with Gasteiger partial charge in [-0.1, -0.05) is 309 Å². The average Bonchev–Trinajstić information content (AvgIpc) is 3.47. The van der Waals surface area contributed by atoms with E-state index in [1.807, 2.05) is 0 Å². The van der Waals surface area contributed by atoms with Crippen LogP contribution in [0.15, 0.2) is 134 Å². The van der Waals surface area contributed by atoms with Crippen LogP contribution in [0.5, 0.6) is 0 Å². The lowest BCUT2D eigenvalue weighted by molar-refractivity contribution is -0.167. The van der Waals surface area contributed by atoms with Gasteiger partial charge in [0, 0.05) is 19.3 Å². The fourth-order valence-electron chi connectivity index (χ4n) is 9.19. The van der Waals surface area contributed by atoms with E-state index in [4.69, 9.17) is 14.2 Å². The molecule has 0 saturated heterocycles. The molecule has 81 heavy (non-hydrogen) atoms. The summed E-state index contributed by atoms with van der Waals surface area (Å²) >= 11 is 0. The van der Waals surface area contributed by atoms with Gasteiger partial charge in [0.15, 0.2) is 6.10 Å². The van der Waals surface area contributed by atoms with Crippen LogP contribution in [0.1, 0.15) is 303 Å². The second-order valence-corrected chi connectivity index (χ2v) is 22.0. The first kappa shape index (κ1) is 76.5. The van der Waals surface area contributed by atoms with Gasteiger partial charge in [-0.15, -0.1) is 0 Å². The largest absolute Gasteiger partial charge is 0.462 e. The van der Waals surface area contributed by atoms with Crippen LogP contribution in [-0.2, 0) is 28.6 Å². The van der Waals surface area contributed by atoms with Gasteiger partial charge in [-0.05, 0) is 109 Å². The topological polar surface area (TPSA) is 78.9 Å². The van der Waals surface area contributed by atoms with Crippen LogP contribution in [0.4, 0.5) is 0 Å². The van der Waals surface area contributed by atoms with E-state index in [-0.39, 0.29) is 37.5 Å². The summed E-state index contributed by atoms with van der Waals surface area (Å²) in [5, 5.41) is 0. The normalized spacial score (nSPS) is 13.0. The molecule has 0 aromatic carbocycles. The Morgan fingerprint density at radius 2 is 0.494 bits per heavy atom. The van der Waals surface area contributed by atoms with E-state index >= 15 is 0 Å². The molecule has 0 fully saturated rings. The number of unbranched alkanes of at least 4 members (excludes halogenated alkanes) is 27. The minimum atomic E-state index is -0.813. The second kappa shape index (κ2) is 68.1. The second-order valence-electron chi connectivity index (χ2n) is 22.0. The van der Waals surface area contributed by atoms with E-state index in [9.17, 15) is 14.4 Å². The Balaban J connectivity index is 4.50. The molecule has 0 aromatic heterocycles. The highest BCUT2D eigenvalue weighted by Crippen LogP contribution is 2.17. The molecule has 0 aliphatic carbocycles. The molecule has 0 bridgehead atoms. The van der Waals surface area contributed by atoms with Crippen molar-refractivity contribution in [2.75, 3.05) is 13.2 Å². The van der Waals surface area contributed by atoms with Gasteiger partial charge in [0.2, 0.25) is 0 Å². The zero-order chi connectivity index (χ0) is 58.5. The third-order valence-electron chi connectivity index (χ3n) is 14.2. The van der Waals surface area contributed by atoms with Crippen molar-refractivity contribution in [3.63, 3.8) is 0 Å². The molecule has 0 aliphatic rings. The van der Waals surface area contributed by atoms with Gasteiger partial charge in [0.25, 0.3) is 0 Å². The van der Waals surface area contributed by atoms with E-state index in [0.717, 1.165) is 128 Å². The molecule has 6 nitrogen and oxygen atoms in total. The quantitative estimate of drug-likeness (QED) is 0.0261. The number of hydrogen-bond acceptors (Lipinski definition) is 6. The standard InChI is InChI=1S/C75H124O6/c1-4-7-10-13-16-19-22-25-28-31-34-36-37-39-41-44-47-50-53-56-59-62-65-68-74(77)80-71-72(70-79-73(76)67-64-61-58-55-52-49-46-43-40-33-30-27-24-21-18-15-12-9-6-3)81-75(78)69-66-63-60-57-54-51-48-45-42-38-35-32-29-26-23-20-17-14-11-8-5-2/h7,9-10,12,16,18-19,21,25,27-28,30,34,36,39-41,43,47,50,56,59,72H,4-6,8,11,13-15,17,20,22-24,26,29,31-33,35,37-38,42,44-46,48-49,51-55,57-58,60-71H2,1-3H3/b10-7-,12-9-,19-16-,21-18-,28-25-,30-27-,36-34-,41-39-,43-40-,50-47-,59-56-. The molecule has 1 atom stereocenters. The van der Waals surface area contributed by atoms with Crippen LogP contribution in [-0.4, -0.2) is 37.2 Å². The van der Waals surface area contributed by atoms with E-state index in [1.165, 1.54) is 128 Å². The molecule has 0 heterocycles. The van der Waals surface area contributed by atoms with Gasteiger partial charge in [-0.25, -0.2) is 0 Å². The van der Waals surface area contributed by atoms with Crippen molar-refractivity contribution in [1.82, 2.24) is 0 Å². The number of hydrogen-bond donors (Lipinski definition) is 0. The Labute approximate surface area is 500 Å². The molecule has 1 unspecified atom stereocenters. The lowest BCUT2D eigenvalue weighted by Gasteiger charge is -2.18. The number of ether oxygens (including phenoxy) is 3. The number of carbonyl (C=O) groups is 3. The van der Waals surface area contributed by atoms with Gasteiger partial charge in [-0.3, -0.25) is 14.4 Å². The molecule has 0 saturated carbocycles. The van der Waals surface area contributed by atoms with Crippen LogP contribution in [0.25, 0.3) is 0 Å². The van der Waals surface area contributed by atoms with Crippen LogP contribution in [0.3, 0.4) is 0 Å². The van der Waals surface area contributed by atoms with Crippen molar-refractivity contribution in [2.24, 2.45) is 0 Å². The molecule has 0 aromatic rings. The highest BCUT2D eigenvalue weighted by molar-refractivity contribution is 5.71. The van der Waals surface area contributed by atoms with Crippen molar-refractivity contribution < 1.29 is 28.6 Å². The molecule has 0 amide bonds. The molecule has 0 radical (unpaired) electrons. The minimum absolute atomic E-state index is 0.105. The summed E-state index contributed by atoms with van der Waals surface area (Å²) in [7, 11) is 0. The highest BCUT2D eigenvalue weighted by atomic mass is 16.6. The van der Waals surface area contributed by atoms with Gasteiger partial charge in [-0.2, -0.15) is 0 Å². The summed E-state index contributed by atoms with van der Waals surface area (Å²) in [6, 6.07) is 0. The Bertz CT molecular complexity index is 1720. The summed E-state index contributed by atoms with van der Waals surface area (Å²) < 4.78 is 16.9. The Morgan fingerprint density at radius 3 is 0.802 bits per heavy atom. The first-order chi connectivity index (χ1) is 40.0. The molecule has 460 valence electrons. The molecule has 6 heteroatoms. The third kappa shape index (κ3) is 66.2. The number of allylic oxidation sites excluding steroid dienone is 22. The first-order valence-corrected chi connectivity index (χ1v) is 33.7.